The van der Waals surface area contributed by atoms with Gasteiger partial charge in [-0.3, -0.25) is 0 Å². The first kappa shape index (κ1) is 11.7. The van der Waals surface area contributed by atoms with E-state index in [4.69, 9.17) is 11.6 Å². The average molecular weight is 252 g/mol. The molecule has 68 valence electrons. The Bertz CT molecular complexity index is 240. The van der Waals surface area contributed by atoms with Crippen molar-refractivity contribution in [3.63, 3.8) is 0 Å². The van der Waals surface area contributed by atoms with Crippen LogP contribution in [-0.4, -0.2) is 12.0 Å². The fourth-order valence-corrected chi connectivity index (χ4v) is 1.13. The SMILES string of the molecule is CC.CNc1cc(Br)cnc1Cl. The lowest BCUT2D eigenvalue weighted by atomic mass is 10.4. The van der Waals surface area contributed by atoms with Crippen LogP contribution >= 0.6 is 27.5 Å². The minimum absolute atomic E-state index is 0.491. The van der Waals surface area contributed by atoms with Gasteiger partial charge in [0.1, 0.15) is 0 Å². The lowest BCUT2D eigenvalue weighted by molar-refractivity contribution is 1.29. The molecule has 0 aromatic carbocycles. The smallest absolute Gasteiger partial charge is 0.152 e. The molecule has 1 N–H and O–H groups in total. The largest absolute Gasteiger partial charge is 0.386 e. The fraction of sp³-hybridized carbons (Fsp3) is 0.375. The molecule has 0 bridgehead atoms. The summed E-state index contributed by atoms with van der Waals surface area (Å²) in [6.07, 6.45) is 1.66. The number of anilines is 1. The molecule has 0 spiro atoms. The third-order valence-corrected chi connectivity index (χ3v) is 1.81. The summed E-state index contributed by atoms with van der Waals surface area (Å²) < 4.78 is 0.918. The van der Waals surface area contributed by atoms with E-state index in [1.54, 1.807) is 13.2 Å². The van der Waals surface area contributed by atoms with Gasteiger partial charge in [-0.05, 0) is 22.0 Å². The summed E-state index contributed by atoms with van der Waals surface area (Å²) in [5.41, 5.74) is 0.830. The zero-order chi connectivity index (χ0) is 9.56. The van der Waals surface area contributed by atoms with Crippen molar-refractivity contribution in [3.8, 4) is 0 Å². The second kappa shape index (κ2) is 6.26. The zero-order valence-electron chi connectivity index (χ0n) is 7.36. The summed E-state index contributed by atoms with van der Waals surface area (Å²) >= 11 is 8.98. The first-order valence-electron chi connectivity index (χ1n) is 3.73. The van der Waals surface area contributed by atoms with Crippen LogP contribution in [0.4, 0.5) is 5.69 Å². The summed E-state index contributed by atoms with van der Waals surface area (Å²) in [4.78, 5) is 3.91. The lowest BCUT2D eigenvalue weighted by Crippen LogP contribution is -1.90. The van der Waals surface area contributed by atoms with Gasteiger partial charge in [-0.1, -0.05) is 25.4 Å². The summed E-state index contributed by atoms with van der Waals surface area (Å²) in [7, 11) is 1.80. The highest BCUT2D eigenvalue weighted by molar-refractivity contribution is 9.10. The summed E-state index contributed by atoms with van der Waals surface area (Å²) in [5, 5.41) is 3.40. The quantitative estimate of drug-likeness (QED) is 0.772. The maximum atomic E-state index is 5.70. The molecule has 0 unspecified atom stereocenters. The normalized spacial score (nSPS) is 8.42. The van der Waals surface area contributed by atoms with Crippen molar-refractivity contribution in [1.29, 1.82) is 0 Å². The van der Waals surface area contributed by atoms with E-state index in [2.05, 4.69) is 26.2 Å². The van der Waals surface area contributed by atoms with Crippen LogP contribution in [0.5, 0.6) is 0 Å². The molecule has 0 fully saturated rings. The summed E-state index contributed by atoms with van der Waals surface area (Å²) in [6.45, 7) is 4.00. The Balaban J connectivity index is 0.000000561. The third-order valence-electron chi connectivity index (χ3n) is 1.08. The summed E-state index contributed by atoms with van der Waals surface area (Å²) in [5.74, 6) is 0. The Kier molecular flexibility index (Phi) is 6.11. The Morgan fingerprint density at radius 2 is 2.08 bits per heavy atom. The van der Waals surface area contributed by atoms with Crippen LogP contribution in [-0.2, 0) is 0 Å². The molecule has 0 aliphatic rings. The van der Waals surface area contributed by atoms with Crippen molar-refractivity contribution in [2.45, 2.75) is 13.8 Å². The molecule has 4 heteroatoms. The standard InChI is InChI=1S/C6H6BrClN2.C2H6/c1-9-5-2-4(7)3-10-6(5)8;1-2/h2-3,9H,1H3;1-2H3. The molecule has 0 amide bonds. The van der Waals surface area contributed by atoms with Crippen LogP contribution in [0.2, 0.25) is 5.15 Å². The van der Waals surface area contributed by atoms with Crippen LogP contribution < -0.4 is 5.32 Å². The van der Waals surface area contributed by atoms with E-state index >= 15 is 0 Å². The Morgan fingerprint density at radius 1 is 1.50 bits per heavy atom. The van der Waals surface area contributed by atoms with Crippen molar-refractivity contribution < 1.29 is 0 Å². The van der Waals surface area contributed by atoms with Crippen LogP contribution in [0.1, 0.15) is 13.8 Å². The Labute approximate surface area is 86.5 Å². The maximum absolute atomic E-state index is 5.70. The molecule has 1 aromatic rings. The number of pyridine rings is 1. The molecular formula is C8H12BrClN2. The van der Waals surface area contributed by atoms with E-state index in [0.29, 0.717) is 5.15 Å². The highest BCUT2D eigenvalue weighted by Crippen LogP contribution is 2.21. The number of nitrogens with zero attached hydrogens (tertiary/aromatic N) is 1. The van der Waals surface area contributed by atoms with Crippen molar-refractivity contribution in [1.82, 2.24) is 4.98 Å². The molecule has 1 heterocycles. The van der Waals surface area contributed by atoms with Gasteiger partial charge in [0, 0.05) is 17.7 Å². The molecule has 0 saturated carbocycles. The second-order valence-electron chi connectivity index (χ2n) is 1.74. The molecule has 0 atom stereocenters. The predicted molar refractivity (Wildman–Crippen MR) is 57.8 cm³/mol. The molecule has 2 nitrogen and oxygen atoms in total. The number of halogens is 2. The van der Waals surface area contributed by atoms with Gasteiger partial charge in [0.15, 0.2) is 5.15 Å². The van der Waals surface area contributed by atoms with Gasteiger partial charge < -0.3 is 5.32 Å². The van der Waals surface area contributed by atoms with E-state index in [1.807, 2.05) is 19.9 Å². The van der Waals surface area contributed by atoms with Crippen molar-refractivity contribution in [2.24, 2.45) is 0 Å². The van der Waals surface area contributed by atoms with E-state index in [0.717, 1.165) is 10.2 Å². The van der Waals surface area contributed by atoms with E-state index in [9.17, 15) is 0 Å². The van der Waals surface area contributed by atoms with Crippen LogP contribution in [0.25, 0.3) is 0 Å². The van der Waals surface area contributed by atoms with Crippen molar-refractivity contribution in [2.75, 3.05) is 12.4 Å². The first-order valence-corrected chi connectivity index (χ1v) is 4.90. The number of hydrogen-bond acceptors (Lipinski definition) is 2. The number of nitrogens with one attached hydrogen (secondary N) is 1. The Hall–Kier alpha value is -0.280. The van der Waals surface area contributed by atoms with Gasteiger partial charge >= 0.3 is 0 Å². The lowest BCUT2D eigenvalue weighted by Gasteiger charge is -2.00. The first-order chi connectivity index (χ1) is 5.74. The fourth-order valence-electron chi connectivity index (χ4n) is 0.598. The molecule has 0 radical (unpaired) electrons. The molecule has 0 saturated heterocycles. The molecule has 1 rings (SSSR count). The molecule has 0 aliphatic heterocycles. The van der Waals surface area contributed by atoms with Gasteiger partial charge in [0.25, 0.3) is 0 Å². The predicted octanol–water partition coefficient (Wildman–Crippen LogP) is 3.57. The molecule has 12 heavy (non-hydrogen) atoms. The van der Waals surface area contributed by atoms with Crippen LogP contribution in [0.15, 0.2) is 16.7 Å². The minimum Gasteiger partial charge on any atom is -0.386 e. The minimum atomic E-state index is 0.491. The number of hydrogen-bond donors (Lipinski definition) is 1. The van der Waals surface area contributed by atoms with E-state index in [-0.39, 0.29) is 0 Å². The second-order valence-corrected chi connectivity index (χ2v) is 3.02. The average Bonchev–Trinajstić information content (AvgIpc) is 2.13. The third kappa shape index (κ3) is 3.41. The van der Waals surface area contributed by atoms with Gasteiger partial charge in [-0.25, -0.2) is 4.98 Å². The zero-order valence-corrected chi connectivity index (χ0v) is 9.70. The maximum Gasteiger partial charge on any atom is 0.152 e. The number of rotatable bonds is 1. The Morgan fingerprint density at radius 3 is 2.50 bits per heavy atom. The number of aromatic nitrogens is 1. The van der Waals surface area contributed by atoms with Crippen LogP contribution in [0, 0.1) is 0 Å². The van der Waals surface area contributed by atoms with Crippen molar-refractivity contribution >= 4 is 33.2 Å². The highest BCUT2D eigenvalue weighted by atomic mass is 79.9. The molecule has 1 aromatic heterocycles. The van der Waals surface area contributed by atoms with E-state index in [1.165, 1.54) is 0 Å². The topological polar surface area (TPSA) is 24.9 Å². The highest BCUT2D eigenvalue weighted by Gasteiger charge is 1.97. The van der Waals surface area contributed by atoms with Gasteiger partial charge in [0.2, 0.25) is 0 Å². The van der Waals surface area contributed by atoms with Gasteiger partial charge in [0.05, 0.1) is 5.69 Å². The van der Waals surface area contributed by atoms with Gasteiger partial charge in [-0.2, -0.15) is 0 Å². The van der Waals surface area contributed by atoms with E-state index < -0.39 is 0 Å². The van der Waals surface area contributed by atoms with Crippen LogP contribution in [0.3, 0.4) is 0 Å². The van der Waals surface area contributed by atoms with Gasteiger partial charge in [-0.15, -0.1) is 0 Å². The monoisotopic (exact) mass is 250 g/mol. The molecule has 0 aliphatic carbocycles. The molecular weight excluding hydrogens is 239 g/mol. The van der Waals surface area contributed by atoms with Crippen molar-refractivity contribution in [3.05, 3.63) is 21.9 Å². The summed E-state index contributed by atoms with van der Waals surface area (Å²) in [6, 6.07) is 1.87.